The summed E-state index contributed by atoms with van der Waals surface area (Å²) in [5, 5.41) is 0. The summed E-state index contributed by atoms with van der Waals surface area (Å²) < 4.78 is 24.4. The molecule has 4 heteroatoms. The number of fused-ring (bicyclic) bond motifs is 1. The van der Waals surface area contributed by atoms with Gasteiger partial charge in [0, 0.05) is 5.56 Å². The second kappa shape index (κ2) is 5.91. The molecule has 0 amide bonds. The maximum Gasteiger partial charge on any atom is 0.177 e. The number of ketones is 1. The Balaban J connectivity index is 1.67. The molecule has 1 aromatic rings. The number of carbonyl (C=O) groups excluding carboxylic acids is 1. The third-order valence-electron chi connectivity index (χ3n) is 4.74. The lowest BCUT2D eigenvalue weighted by molar-refractivity contribution is 0.102. The lowest BCUT2D eigenvalue weighted by Gasteiger charge is -2.10. The van der Waals surface area contributed by atoms with Crippen molar-refractivity contribution >= 4 is 15.6 Å². The van der Waals surface area contributed by atoms with Gasteiger partial charge in [-0.25, -0.2) is 8.42 Å². The van der Waals surface area contributed by atoms with Gasteiger partial charge >= 0.3 is 0 Å². The van der Waals surface area contributed by atoms with Crippen LogP contribution in [0.1, 0.15) is 53.6 Å². The van der Waals surface area contributed by atoms with Crippen LogP contribution in [0.2, 0.25) is 0 Å². The molecule has 0 aromatic heterocycles. The lowest BCUT2D eigenvalue weighted by Crippen LogP contribution is -2.22. The smallest absolute Gasteiger partial charge is 0.177 e. The fourth-order valence-corrected chi connectivity index (χ4v) is 5.36. The van der Waals surface area contributed by atoms with Crippen LogP contribution in [0.25, 0.3) is 0 Å². The normalized spacial score (nSPS) is 18.9. The Morgan fingerprint density at radius 1 is 1.05 bits per heavy atom. The number of rotatable bonds is 5. The van der Waals surface area contributed by atoms with E-state index in [2.05, 4.69) is 0 Å². The van der Waals surface area contributed by atoms with E-state index < -0.39 is 9.84 Å². The molecule has 1 saturated carbocycles. The highest BCUT2D eigenvalue weighted by molar-refractivity contribution is 7.92. The van der Waals surface area contributed by atoms with Gasteiger partial charge in [-0.1, -0.05) is 25.0 Å². The molecule has 21 heavy (non-hydrogen) atoms. The predicted molar refractivity (Wildman–Crippen MR) is 83.4 cm³/mol. The number of hydrogen-bond donors (Lipinski definition) is 0. The van der Waals surface area contributed by atoms with Gasteiger partial charge in [0.25, 0.3) is 0 Å². The zero-order chi connectivity index (χ0) is 14.9. The summed E-state index contributed by atoms with van der Waals surface area (Å²) in [5.41, 5.74) is 3.08. The molecule has 0 aliphatic heterocycles. The quantitative estimate of drug-likeness (QED) is 0.786. The number of hydrogen-bond acceptors (Lipinski definition) is 3. The maximum atomic E-state index is 12.3. The van der Waals surface area contributed by atoms with Gasteiger partial charge in [0.15, 0.2) is 15.6 Å². The molecule has 2 aliphatic carbocycles. The van der Waals surface area contributed by atoms with Gasteiger partial charge in [-0.05, 0) is 55.2 Å². The monoisotopic (exact) mass is 306 g/mol. The van der Waals surface area contributed by atoms with Crippen LogP contribution in [0.3, 0.4) is 0 Å². The minimum atomic E-state index is -3.28. The van der Waals surface area contributed by atoms with Crippen molar-refractivity contribution in [1.82, 2.24) is 0 Å². The second-order valence-electron chi connectivity index (χ2n) is 6.47. The highest BCUT2D eigenvalue weighted by Crippen LogP contribution is 2.27. The predicted octanol–water partition coefficient (Wildman–Crippen LogP) is 2.96. The zero-order valence-corrected chi connectivity index (χ0v) is 13.1. The Morgan fingerprint density at radius 2 is 1.76 bits per heavy atom. The molecule has 0 bridgehead atoms. The molecule has 0 N–H and O–H groups in total. The Morgan fingerprint density at radius 3 is 2.52 bits per heavy atom. The van der Waals surface area contributed by atoms with E-state index in [1.807, 2.05) is 12.1 Å². The van der Waals surface area contributed by atoms with Crippen molar-refractivity contribution in [3.8, 4) is 0 Å². The summed E-state index contributed by atoms with van der Waals surface area (Å²) >= 11 is 0. The topological polar surface area (TPSA) is 51.2 Å². The molecule has 1 aromatic carbocycles. The van der Waals surface area contributed by atoms with Crippen molar-refractivity contribution in [2.24, 2.45) is 5.92 Å². The van der Waals surface area contributed by atoms with Crippen LogP contribution in [0, 0.1) is 5.92 Å². The largest absolute Gasteiger partial charge is 0.293 e. The van der Waals surface area contributed by atoms with Gasteiger partial charge in [-0.2, -0.15) is 0 Å². The summed E-state index contributed by atoms with van der Waals surface area (Å²) in [6.45, 7) is 0. The first kappa shape index (κ1) is 14.8. The van der Waals surface area contributed by atoms with E-state index in [9.17, 15) is 13.2 Å². The van der Waals surface area contributed by atoms with E-state index in [1.165, 1.54) is 11.1 Å². The average Bonchev–Trinajstić information content (AvgIpc) is 3.07. The summed E-state index contributed by atoms with van der Waals surface area (Å²) in [5.74, 6) is -0.128. The van der Waals surface area contributed by atoms with Crippen molar-refractivity contribution in [3.63, 3.8) is 0 Å². The number of sulfone groups is 1. The summed E-state index contributed by atoms with van der Waals surface area (Å²) in [4.78, 5) is 12.3. The minimum absolute atomic E-state index is 0.184. The second-order valence-corrected chi connectivity index (χ2v) is 8.57. The molecule has 2 aliphatic rings. The molecule has 0 spiro atoms. The molecule has 0 unspecified atom stereocenters. The van der Waals surface area contributed by atoms with Gasteiger partial charge in [-0.3, -0.25) is 4.79 Å². The molecule has 0 heterocycles. The first-order valence-corrected chi connectivity index (χ1v) is 9.71. The van der Waals surface area contributed by atoms with Crippen molar-refractivity contribution in [2.75, 3.05) is 11.5 Å². The number of benzene rings is 1. The van der Waals surface area contributed by atoms with Crippen molar-refractivity contribution < 1.29 is 13.2 Å². The van der Waals surface area contributed by atoms with Crippen LogP contribution in [0.4, 0.5) is 0 Å². The van der Waals surface area contributed by atoms with Crippen LogP contribution in [0.5, 0.6) is 0 Å². The third-order valence-corrected chi connectivity index (χ3v) is 6.42. The first-order chi connectivity index (χ1) is 10.0. The molecular formula is C17H22O3S. The fourth-order valence-electron chi connectivity index (χ4n) is 3.62. The van der Waals surface area contributed by atoms with E-state index in [1.54, 1.807) is 6.07 Å². The Labute approximate surface area is 126 Å². The highest BCUT2D eigenvalue weighted by Gasteiger charge is 2.25. The molecule has 0 atom stereocenters. The summed E-state index contributed by atoms with van der Waals surface area (Å²) in [7, 11) is -3.28. The van der Waals surface area contributed by atoms with Crippen molar-refractivity contribution in [2.45, 2.75) is 44.9 Å². The fraction of sp³-hybridized carbons (Fsp3) is 0.588. The van der Waals surface area contributed by atoms with Gasteiger partial charge in [0.2, 0.25) is 0 Å². The molecule has 3 rings (SSSR count). The molecule has 0 radical (unpaired) electrons. The molecule has 3 nitrogen and oxygen atoms in total. The Hall–Kier alpha value is -1.16. The van der Waals surface area contributed by atoms with E-state index in [4.69, 9.17) is 0 Å². The van der Waals surface area contributed by atoms with E-state index in [0.29, 0.717) is 5.56 Å². The van der Waals surface area contributed by atoms with Gasteiger partial charge < -0.3 is 0 Å². The number of aryl methyl sites for hydroxylation is 2. The van der Waals surface area contributed by atoms with Gasteiger partial charge in [0.1, 0.15) is 5.75 Å². The Kier molecular flexibility index (Phi) is 4.16. The van der Waals surface area contributed by atoms with Crippen molar-refractivity contribution in [1.29, 1.82) is 0 Å². The SMILES string of the molecule is O=C(CS(=O)(=O)CC1CCCC1)c1ccc2c(c1)CCC2. The number of Topliss-reactive ketones (excluding diaryl/α,β-unsaturated/α-hetero) is 1. The maximum absolute atomic E-state index is 12.3. The Bertz CT molecular complexity index is 640. The van der Waals surface area contributed by atoms with E-state index in [0.717, 1.165) is 44.9 Å². The lowest BCUT2D eigenvalue weighted by atomic mass is 10.0. The van der Waals surface area contributed by atoms with Crippen molar-refractivity contribution in [3.05, 3.63) is 34.9 Å². The van der Waals surface area contributed by atoms with E-state index >= 15 is 0 Å². The molecule has 0 saturated heterocycles. The third kappa shape index (κ3) is 3.54. The van der Waals surface area contributed by atoms with Crippen LogP contribution in [0.15, 0.2) is 18.2 Å². The highest BCUT2D eigenvalue weighted by atomic mass is 32.2. The van der Waals surface area contributed by atoms with Crippen LogP contribution in [-0.2, 0) is 22.7 Å². The molecule has 1 fully saturated rings. The molecule has 114 valence electrons. The number of carbonyl (C=O) groups is 1. The average molecular weight is 306 g/mol. The first-order valence-electron chi connectivity index (χ1n) is 7.89. The van der Waals surface area contributed by atoms with Gasteiger partial charge in [0.05, 0.1) is 5.75 Å². The minimum Gasteiger partial charge on any atom is -0.293 e. The standard InChI is InChI=1S/C17H22O3S/c18-17(12-21(19,20)11-13-4-1-2-5-13)16-9-8-14-6-3-7-15(14)10-16/h8-10,13H,1-7,11-12H2. The summed E-state index contributed by atoms with van der Waals surface area (Å²) in [6.07, 6.45) is 7.44. The van der Waals surface area contributed by atoms with E-state index in [-0.39, 0.29) is 23.2 Å². The van der Waals surface area contributed by atoms with Crippen LogP contribution < -0.4 is 0 Å². The van der Waals surface area contributed by atoms with Gasteiger partial charge in [-0.15, -0.1) is 0 Å². The van der Waals surface area contributed by atoms with Crippen LogP contribution in [-0.4, -0.2) is 25.7 Å². The summed E-state index contributed by atoms with van der Waals surface area (Å²) in [6, 6.07) is 5.67. The van der Waals surface area contributed by atoms with Crippen LogP contribution >= 0.6 is 0 Å². The zero-order valence-electron chi connectivity index (χ0n) is 12.3. The molecular weight excluding hydrogens is 284 g/mol.